The Morgan fingerprint density at radius 3 is 2.52 bits per heavy atom. The highest BCUT2D eigenvalue weighted by Gasteiger charge is 2.15. The van der Waals surface area contributed by atoms with Crippen molar-refractivity contribution in [2.75, 3.05) is 5.32 Å². The largest absolute Gasteiger partial charge is 0.350 e. The summed E-state index contributed by atoms with van der Waals surface area (Å²) in [6.07, 6.45) is 3.86. The van der Waals surface area contributed by atoms with Crippen molar-refractivity contribution in [2.45, 2.75) is 6.92 Å². The Balaban J connectivity index is 1.51. The third kappa shape index (κ3) is 4.24. The summed E-state index contributed by atoms with van der Waals surface area (Å²) in [6, 6.07) is 22.3. The molecule has 1 N–H and O–H groups in total. The molecule has 5 aromatic rings. The third-order valence-corrected chi connectivity index (χ3v) is 6.07. The summed E-state index contributed by atoms with van der Waals surface area (Å²) in [5, 5.41) is 16.5. The molecule has 0 saturated heterocycles. The first kappa shape index (κ1) is 20.6. The number of imidazole rings is 1. The van der Waals surface area contributed by atoms with Crippen molar-refractivity contribution in [3.8, 4) is 27.6 Å². The minimum atomic E-state index is -0.394. The third-order valence-electron chi connectivity index (χ3n) is 5.18. The van der Waals surface area contributed by atoms with Crippen molar-refractivity contribution < 1.29 is 4.92 Å². The van der Waals surface area contributed by atoms with Crippen LogP contribution < -0.4 is 5.32 Å². The van der Waals surface area contributed by atoms with Gasteiger partial charge in [0.25, 0.3) is 5.69 Å². The van der Waals surface area contributed by atoms with Gasteiger partial charge in [-0.3, -0.25) is 19.7 Å². The minimum Gasteiger partial charge on any atom is -0.350 e. The van der Waals surface area contributed by atoms with Gasteiger partial charge in [-0.15, -0.1) is 11.3 Å². The number of benzene rings is 2. The van der Waals surface area contributed by atoms with Crippen molar-refractivity contribution in [2.24, 2.45) is 0 Å². The molecule has 0 atom stereocenters. The highest BCUT2D eigenvalue weighted by Crippen LogP contribution is 2.32. The molecule has 0 saturated carbocycles. The summed E-state index contributed by atoms with van der Waals surface area (Å²) in [5.74, 6) is 0.793. The fraction of sp³-hybridized carbons (Fsp3) is 0.0400. The van der Waals surface area contributed by atoms with E-state index in [1.54, 1.807) is 29.5 Å². The van der Waals surface area contributed by atoms with Crippen LogP contribution in [0.25, 0.3) is 27.6 Å². The number of nitrogens with zero attached hydrogens (tertiary/aromatic N) is 4. The van der Waals surface area contributed by atoms with Crippen LogP contribution in [0.1, 0.15) is 5.69 Å². The molecular formula is C25H19N5O2S. The predicted octanol–water partition coefficient (Wildman–Crippen LogP) is 6.62. The van der Waals surface area contributed by atoms with Gasteiger partial charge >= 0.3 is 0 Å². The molecule has 0 aliphatic carbocycles. The average Bonchev–Trinajstić information content (AvgIpc) is 3.51. The highest BCUT2D eigenvalue weighted by molar-refractivity contribution is 7.13. The number of nitro groups is 1. The van der Waals surface area contributed by atoms with Crippen molar-refractivity contribution >= 4 is 28.4 Å². The molecule has 8 heteroatoms. The Kier molecular flexibility index (Phi) is 5.42. The van der Waals surface area contributed by atoms with E-state index in [2.05, 4.69) is 10.3 Å². The van der Waals surface area contributed by atoms with Gasteiger partial charge in [0.1, 0.15) is 11.5 Å². The lowest BCUT2D eigenvalue weighted by Crippen LogP contribution is -1.98. The summed E-state index contributed by atoms with van der Waals surface area (Å²) < 4.78 is 2.03. The molecule has 0 amide bonds. The molecule has 7 nitrogen and oxygen atoms in total. The molecule has 33 heavy (non-hydrogen) atoms. The molecule has 0 fully saturated rings. The van der Waals surface area contributed by atoms with E-state index in [9.17, 15) is 10.1 Å². The lowest BCUT2D eigenvalue weighted by Gasteiger charge is -2.10. The van der Waals surface area contributed by atoms with Crippen molar-refractivity contribution in [3.05, 3.63) is 106 Å². The van der Waals surface area contributed by atoms with Gasteiger partial charge in [-0.1, -0.05) is 18.2 Å². The standard InChI is InChI=1S/C25H19N5O2S/c1-17-8-13-20(15-26-17)29-16-22(24-7-4-14-33-24)28-25(29)18-9-11-19(12-10-18)27-21-5-2-3-6-23(21)30(31)32/h2-16,27H,1H3. The van der Waals surface area contributed by atoms with Gasteiger partial charge in [0.05, 0.1) is 27.4 Å². The Labute approximate surface area is 194 Å². The van der Waals surface area contributed by atoms with Crippen molar-refractivity contribution in [1.29, 1.82) is 0 Å². The van der Waals surface area contributed by atoms with Crippen LogP contribution in [-0.4, -0.2) is 19.5 Å². The quantitative estimate of drug-likeness (QED) is 0.231. The van der Waals surface area contributed by atoms with E-state index >= 15 is 0 Å². The van der Waals surface area contributed by atoms with Gasteiger partial charge in [0.2, 0.25) is 0 Å². The number of hydrogen-bond donors (Lipinski definition) is 1. The summed E-state index contributed by atoms with van der Waals surface area (Å²) in [5.41, 5.74) is 4.92. The van der Waals surface area contributed by atoms with E-state index < -0.39 is 4.92 Å². The van der Waals surface area contributed by atoms with Gasteiger partial charge in [-0.2, -0.15) is 0 Å². The number of aromatic nitrogens is 3. The number of aryl methyl sites for hydroxylation is 1. The van der Waals surface area contributed by atoms with Crippen LogP contribution in [0.2, 0.25) is 0 Å². The topological polar surface area (TPSA) is 85.9 Å². The van der Waals surface area contributed by atoms with E-state index in [1.165, 1.54) is 6.07 Å². The Morgan fingerprint density at radius 2 is 1.82 bits per heavy atom. The van der Waals surface area contributed by atoms with Gasteiger partial charge in [-0.25, -0.2) is 4.98 Å². The van der Waals surface area contributed by atoms with Gasteiger partial charge in [0, 0.05) is 29.2 Å². The first-order valence-corrected chi connectivity index (χ1v) is 11.1. The van der Waals surface area contributed by atoms with E-state index in [0.717, 1.165) is 39.0 Å². The second kappa shape index (κ2) is 8.68. The van der Waals surface area contributed by atoms with Crippen LogP contribution in [0.15, 0.2) is 90.6 Å². The van der Waals surface area contributed by atoms with Gasteiger partial charge < -0.3 is 5.32 Å². The van der Waals surface area contributed by atoms with E-state index in [4.69, 9.17) is 4.98 Å². The molecular weight excluding hydrogens is 434 g/mol. The van der Waals surface area contributed by atoms with E-state index in [1.807, 2.05) is 77.8 Å². The maximum Gasteiger partial charge on any atom is 0.292 e. The Bertz CT molecular complexity index is 1410. The van der Waals surface area contributed by atoms with Crippen molar-refractivity contribution in [3.63, 3.8) is 0 Å². The molecule has 0 radical (unpaired) electrons. The van der Waals surface area contributed by atoms with Crippen LogP contribution in [0, 0.1) is 17.0 Å². The van der Waals surface area contributed by atoms with E-state index in [-0.39, 0.29) is 5.69 Å². The van der Waals surface area contributed by atoms with Gasteiger partial charge in [0.15, 0.2) is 0 Å². The lowest BCUT2D eigenvalue weighted by molar-refractivity contribution is -0.383. The molecule has 0 aliphatic heterocycles. The zero-order valence-corrected chi connectivity index (χ0v) is 18.5. The summed E-state index contributed by atoms with van der Waals surface area (Å²) >= 11 is 1.64. The molecule has 0 bridgehead atoms. The minimum absolute atomic E-state index is 0.0320. The molecule has 2 aromatic carbocycles. The fourth-order valence-corrected chi connectivity index (χ4v) is 4.20. The Hall–Kier alpha value is -4.30. The molecule has 0 unspecified atom stereocenters. The molecule has 3 aromatic heterocycles. The van der Waals surface area contributed by atoms with Crippen LogP contribution in [0.5, 0.6) is 0 Å². The van der Waals surface area contributed by atoms with Crippen LogP contribution in [0.4, 0.5) is 17.1 Å². The Morgan fingerprint density at radius 1 is 1.00 bits per heavy atom. The lowest BCUT2D eigenvalue weighted by atomic mass is 10.1. The number of rotatable bonds is 6. The first-order chi connectivity index (χ1) is 16.1. The molecule has 0 spiro atoms. The number of para-hydroxylation sites is 2. The normalized spacial score (nSPS) is 10.8. The second-order valence-electron chi connectivity index (χ2n) is 7.43. The monoisotopic (exact) mass is 453 g/mol. The summed E-state index contributed by atoms with van der Waals surface area (Å²) in [7, 11) is 0. The average molecular weight is 454 g/mol. The fourth-order valence-electron chi connectivity index (χ4n) is 3.52. The number of thiophene rings is 1. The maximum absolute atomic E-state index is 11.3. The SMILES string of the molecule is Cc1ccc(-n2cc(-c3cccs3)nc2-c2ccc(Nc3ccccc3[N+](=O)[O-])cc2)cn1. The summed E-state index contributed by atoms with van der Waals surface area (Å²) in [4.78, 5) is 21.3. The van der Waals surface area contributed by atoms with Crippen LogP contribution in [0.3, 0.4) is 0 Å². The van der Waals surface area contributed by atoms with Crippen molar-refractivity contribution in [1.82, 2.24) is 14.5 Å². The molecule has 0 aliphatic rings. The number of nitro benzene ring substituents is 1. The van der Waals surface area contributed by atoms with Crippen LogP contribution >= 0.6 is 11.3 Å². The number of nitrogens with one attached hydrogen (secondary N) is 1. The molecule has 3 heterocycles. The zero-order chi connectivity index (χ0) is 22.8. The van der Waals surface area contributed by atoms with Gasteiger partial charge in [-0.05, 0) is 60.8 Å². The van der Waals surface area contributed by atoms with Crippen LogP contribution in [-0.2, 0) is 0 Å². The maximum atomic E-state index is 11.3. The number of pyridine rings is 1. The zero-order valence-electron chi connectivity index (χ0n) is 17.7. The smallest absolute Gasteiger partial charge is 0.292 e. The number of hydrogen-bond acceptors (Lipinski definition) is 6. The van der Waals surface area contributed by atoms with E-state index in [0.29, 0.717) is 5.69 Å². The molecule has 162 valence electrons. The molecule has 5 rings (SSSR count). The highest BCUT2D eigenvalue weighted by atomic mass is 32.1. The first-order valence-electron chi connectivity index (χ1n) is 10.3. The summed E-state index contributed by atoms with van der Waals surface area (Å²) in [6.45, 7) is 1.96. The second-order valence-corrected chi connectivity index (χ2v) is 8.38. The predicted molar refractivity (Wildman–Crippen MR) is 131 cm³/mol. The number of anilines is 2.